The predicted molar refractivity (Wildman–Crippen MR) is 69.7 cm³/mol. The van der Waals surface area contributed by atoms with E-state index in [4.69, 9.17) is 9.47 Å². The molecule has 0 fully saturated rings. The molecule has 0 rings (SSSR count). The molecule has 0 aliphatic rings. The van der Waals surface area contributed by atoms with Gasteiger partial charge in [-0.25, -0.2) is 4.79 Å². The molecular weight excluding hydrogens is 307 g/mol. The lowest BCUT2D eigenvalue weighted by atomic mass is 10.1. The highest BCUT2D eigenvalue weighted by Gasteiger charge is 2.41. The molecular formula is C13H20F3NO5. The topological polar surface area (TPSA) is 81.7 Å². The van der Waals surface area contributed by atoms with Crippen LogP contribution in [0.2, 0.25) is 0 Å². The molecule has 0 bridgehead atoms. The van der Waals surface area contributed by atoms with Gasteiger partial charge in [0.2, 0.25) is 0 Å². The summed E-state index contributed by atoms with van der Waals surface area (Å²) in [6.45, 7) is 6.23. The smallest absolute Gasteiger partial charge is 0.463 e. The van der Waals surface area contributed by atoms with E-state index >= 15 is 0 Å². The van der Waals surface area contributed by atoms with Crippen molar-refractivity contribution in [1.29, 1.82) is 0 Å². The van der Waals surface area contributed by atoms with Gasteiger partial charge in [-0.2, -0.15) is 13.2 Å². The van der Waals surface area contributed by atoms with E-state index in [1.54, 1.807) is 13.8 Å². The normalized spacial score (nSPS) is 13.0. The Morgan fingerprint density at radius 1 is 1.00 bits per heavy atom. The fourth-order valence-electron chi connectivity index (χ4n) is 1.39. The maximum Gasteiger partial charge on any atom is 0.471 e. The van der Waals surface area contributed by atoms with Gasteiger partial charge < -0.3 is 14.8 Å². The van der Waals surface area contributed by atoms with Crippen molar-refractivity contribution in [3.8, 4) is 0 Å². The number of alkyl halides is 3. The lowest BCUT2D eigenvalue weighted by Gasteiger charge is -2.19. The molecule has 0 saturated heterocycles. The number of esters is 2. The number of carbonyl (C=O) groups is 3. The molecule has 1 atom stereocenters. The highest BCUT2D eigenvalue weighted by Crippen LogP contribution is 2.16. The standard InChI is InChI=1S/C13H20F3NO5/c1-7(2)21-10(18)6-5-9(11(19)22-8(3)4)17-12(20)13(14,15)16/h7-9H,5-6H2,1-4H3,(H,17,20)/t9-/m0/s1. The minimum atomic E-state index is -5.13. The summed E-state index contributed by atoms with van der Waals surface area (Å²) < 4.78 is 46.3. The Kier molecular flexibility index (Phi) is 7.89. The molecule has 0 aromatic carbocycles. The van der Waals surface area contributed by atoms with Crippen LogP contribution in [-0.2, 0) is 23.9 Å². The second kappa shape index (κ2) is 8.60. The predicted octanol–water partition coefficient (Wildman–Crippen LogP) is 1.72. The van der Waals surface area contributed by atoms with E-state index in [2.05, 4.69) is 0 Å². The third-order valence-corrected chi connectivity index (χ3v) is 2.20. The van der Waals surface area contributed by atoms with Gasteiger partial charge in [0.25, 0.3) is 0 Å². The van der Waals surface area contributed by atoms with Crippen LogP contribution in [0.15, 0.2) is 0 Å². The molecule has 9 heteroatoms. The number of hydrogen-bond donors (Lipinski definition) is 1. The molecule has 0 unspecified atom stereocenters. The molecule has 1 N–H and O–H groups in total. The molecule has 22 heavy (non-hydrogen) atoms. The fraction of sp³-hybridized carbons (Fsp3) is 0.769. The summed E-state index contributed by atoms with van der Waals surface area (Å²) in [6, 6.07) is -1.57. The molecule has 0 aliphatic carbocycles. The summed E-state index contributed by atoms with van der Waals surface area (Å²) in [5.41, 5.74) is 0. The molecule has 0 aromatic rings. The van der Waals surface area contributed by atoms with Crippen molar-refractivity contribution >= 4 is 17.8 Å². The highest BCUT2D eigenvalue weighted by molar-refractivity contribution is 5.87. The molecule has 128 valence electrons. The van der Waals surface area contributed by atoms with E-state index in [1.165, 1.54) is 19.2 Å². The second-order valence-electron chi connectivity index (χ2n) is 5.09. The van der Waals surface area contributed by atoms with Crippen LogP contribution < -0.4 is 5.32 Å². The highest BCUT2D eigenvalue weighted by atomic mass is 19.4. The van der Waals surface area contributed by atoms with Crippen molar-refractivity contribution in [2.24, 2.45) is 0 Å². The molecule has 6 nitrogen and oxygen atoms in total. The summed E-state index contributed by atoms with van der Waals surface area (Å²) in [5.74, 6) is -3.99. The van der Waals surface area contributed by atoms with E-state index in [0.717, 1.165) is 0 Å². The van der Waals surface area contributed by atoms with Crippen molar-refractivity contribution in [3.05, 3.63) is 0 Å². The maximum atomic E-state index is 12.3. The van der Waals surface area contributed by atoms with Crippen LogP contribution in [-0.4, -0.2) is 42.3 Å². The number of ether oxygens (including phenoxy) is 2. The average Bonchev–Trinajstić information content (AvgIpc) is 2.30. The van der Waals surface area contributed by atoms with E-state index in [-0.39, 0.29) is 12.8 Å². The quantitative estimate of drug-likeness (QED) is 0.720. The molecule has 0 saturated carbocycles. The molecule has 0 aromatic heterocycles. The first-order valence-corrected chi connectivity index (χ1v) is 6.71. The largest absolute Gasteiger partial charge is 0.471 e. The minimum Gasteiger partial charge on any atom is -0.463 e. The van der Waals surface area contributed by atoms with Crippen molar-refractivity contribution in [2.75, 3.05) is 0 Å². The van der Waals surface area contributed by atoms with Crippen LogP contribution in [0.25, 0.3) is 0 Å². The van der Waals surface area contributed by atoms with Crippen LogP contribution in [0.1, 0.15) is 40.5 Å². The molecule has 0 spiro atoms. The van der Waals surface area contributed by atoms with Gasteiger partial charge in [-0.1, -0.05) is 0 Å². The van der Waals surface area contributed by atoms with Crippen molar-refractivity contribution in [3.63, 3.8) is 0 Å². The monoisotopic (exact) mass is 327 g/mol. The Bertz CT molecular complexity index is 407. The number of carbonyl (C=O) groups excluding carboxylic acids is 3. The number of nitrogens with one attached hydrogen (secondary N) is 1. The molecule has 1 amide bonds. The van der Waals surface area contributed by atoms with Crippen LogP contribution in [0.3, 0.4) is 0 Å². The van der Waals surface area contributed by atoms with E-state index in [0.29, 0.717) is 0 Å². The Hall–Kier alpha value is -1.80. The van der Waals surface area contributed by atoms with Gasteiger partial charge in [-0.3, -0.25) is 9.59 Å². The zero-order valence-electron chi connectivity index (χ0n) is 12.8. The SMILES string of the molecule is CC(C)OC(=O)CC[C@H](NC(=O)C(F)(F)F)C(=O)OC(C)C. The van der Waals surface area contributed by atoms with Crippen molar-refractivity contribution in [1.82, 2.24) is 5.32 Å². The Morgan fingerprint density at radius 3 is 1.91 bits per heavy atom. The van der Waals surface area contributed by atoms with Gasteiger partial charge in [0.05, 0.1) is 12.2 Å². The zero-order chi connectivity index (χ0) is 17.5. The Balaban J connectivity index is 4.76. The van der Waals surface area contributed by atoms with Gasteiger partial charge in [0, 0.05) is 6.42 Å². The van der Waals surface area contributed by atoms with Gasteiger partial charge in [-0.15, -0.1) is 0 Å². The number of hydrogen-bond acceptors (Lipinski definition) is 5. The lowest BCUT2D eigenvalue weighted by Crippen LogP contribution is -2.48. The van der Waals surface area contributed by atoms with E-state index < -0.39 is 42.3 Å². The molecule has 0 heterocycles. The summed E-state index contributed by atoms with van der Waals surface area (Å²) in [4.78, 5) is 34.0. The third-order valence-electron chi connectivity index (χ3n) is 2.20. The van der Waals surface area contributed by atoms with Crippen LogP contribution in [0, 0.1) is 0 Å². The minimum absolute atomic E-state index is 0.325. The van der Waals surface area contributed by atoms with E-state index in [9.17, 15) is 27.6 Å². The zero-order valence-corrected chi connectivity index (χ0v) is 12.8. The van der Waals surface area contributed by atoms with Gasteiger partial charge in [0.1, 0.15) is 6.04 Å². The van der Waals surface area contributed by atoms with Gasteiger partial charge in [-0.05, 0) is 34.1 Å². The molecule has 0 aliphatic heterocycles. The van der Waals surface area contributed by atoms with Crippen molar-refractivity contribution < 1.29 is 37.0 Å². The van der Waals surface area contributed by atoms with Gasteiger partial charge >= 0.3 is 24.0 Å². The summed E-state index contributed by atoms with van der Waals surface area (Å²) >= 11 is 0. The van der Waals surface area contributed by atoms with Crippen molar-refractivity contribution in [2.45, 2.75) is 65.0 Å². The van der Waals surface area contributed by atoms with E-state index in [1.807, 2.05) is 0 Å². The molecule has 0 radical (unpaired) electrons. The first-order valence-electron chi connectivity index (χ1n) is 6.71. The lowest BCUT2D eigenvalue weighted by molar-refractivity contribution is -0.176. The maximum absolute atomic E-state index is 12.3. The Morgan fingerprint density at radius 2 is 1.50 bits per heavy atom. The fourth-order valence-corrected chi connectivity index (χ4v) is 1.39. The third kappa shape index (κ3) is 8.48. The first kappa shape index (κ1) is 20.2. The van der Waals surface area contributed by atoms with Crippen LogP contribution >= 0.6 is 0 Å². The average molecular weight is 327 g/mol. The summed E-state index contributed by atoms with van der Waals surface area (Å²) in [5, 5.41) is 1.52. The Labute approximate surface area is 126 Å². The number of halogens is 3. The van der Waals surface area contributed by atoms with Crippen LogP contribution in [0.4, 0.5) is 13.2 Å². The second-order valence-corrected chi connectivity index (χ2v) is 5.09. The van der Waals surface area contributed by atoms with Gasteiger partial charge in [0.15, 0.2) is 0 Å². The summed E-state index contributed by atoms with van der Waals surface area (Å²) in [7, 11) is 0. The summed E-state index contributed by atoms with van der Waals surface area (Å²) in [6.07, 6.45) is -6.76. The first-order chi connectivity index (χ1) is 9.93. The number of rotatable bonds is 7. The number of amides is 1. The van der Waals surface area contributed by atoms with Crippen LogP contribution in [0.5, 0.6) is 0 Å².